The Labute approximate surface area is 139 Å². The van der Waals surface area contributed by atoms with Gasteiger partial charge in [0.2, 0.25) is 5.88 Å². The van der Waals surface area contributed by atoms with Crippen LogP contribution in [-0.4, -0.2) is 21.6 Å². The Hall–Kier alpha value is -2.32. The number of carbonyl (C=O) groups is 2. The fourth-order valence-electron chi connectivity index (χ4n) is 2.41. The van der Waals surface area contributed by atoms with Gasteiger partial charge >= 0.3 is 0 Å². The zero-order valence-corrected chi connectivity index (χ0v) is 13.7. The second-order valence-corrected chi connectivity index (χ2v) is 6.75. The number of carboxylic acids is 1. The number of rotatable bonds is 4. The molecule has 1 aliphatic heterocycles. The third kappa shape index (κ3) is 2.71. The van der Waals surface area contributed by atoms with Crippen LogP contribution in [0.1, 0.15) is 16.9 Å². The Morgan fingerprint density at radius 2 is 2.22 bits per heavy atom. The lowest BCUT2D eigenvalue weighted by Crippen LogP contribution is -2.24. The van der Waals surface area contributed by atoms with Crippen molar-refractivity contribution >= 4 is 41.0 Å². The number of thiazole rings is 1. The summed E-state index contributed by atoms with van der Waals surface area (Å²) in [5.41, 5.74) is 1.26. The third-order valence-corrected chi connectivity index (χ3v) is 4.95. The lowest BCUT2D eigenvalue weighted by atomic mass is 10.1. The summed E-state index contributed by atoms with van der Waals surface area (Å²) in [6.07, 6.45) is -0.276. The van der Waals surface area contributed by atoms with Gasteiger partial charge in [0, 0.05) is 24.2 Å². The Balaban J connectivity index is 2.20. The molecule has 1 aromatic carbocycles. The monoisotopic (exact) mass is 347 g/mol. The molecule has 0 fully saturated rings. The first-order valence-electron chi connectivity index (χ1n) is 6.75. The molecule has 2 aromatic rings. The van der Waals surface area contributed by atoms with Crippen LogP contribution in [0, 0.1) is 10.9 Å². The van der Waals surface area contributed by atoms with Crippen LogP contribution in [0.25, 0.3) is 5.57 Å². The van der Waals surface area contributed by atoms with Gasteiger partial charge in [-0.05, 0) is 31.3 Å². The van der Waals surface area contributed by atoms with Crippen molar-refractivity contribution in [2.45, 2.75) is 19.9 Å². The average Bonchev–Trinajstić information content (AvgIpc) is 2.93. The molecule has 0 spiro atoms. The maximum Gasteiger partial charge on any atom is 0.279 e. The van der Waals surface area contributed by atoms with Gasteiger partial charge in [0.1, 0.15) is 4.88 Å². The van der Waals surface area contributed by atoms with E-state index in [0.717, 1.165) is 16.9 Å². The predicted molar refractivity (Wildman–Crippen MR) is 83.9 cm³/mol. The Morgan fingerprint density at radius 1 is 1.48 bits per heavy atom. The van der Waals surface area contributed by atoms with E-state index >= 15 is 0 Å². The molecule has 1 amide bonds. The number of aromatic hydroxyl groups is 1. The van der Waals surface area contributed by atoms with E-state index < -0.39 is 11.9 Å². The van der Waals surface area contributed by atoms with Crippen LogP contribution in [0.5, 0.6) is 5.88 Å². The number of fused-ring (bicyclic) bond motifs is 1. The van der Waals surface area contributed by atoms with Crippen LogP contribution >= 0.6 is 23.6 Å². The van der Waals surface area contributed by atoms with E-state index in [1.807, 2.05) is 19.1 Å². The number of aryl methyl sites for hydroxylation is 1. The average molecular weight is 347 g/mol. The Morgan fingerprint density at radius 3 is 2.91 bits per heavy atom. The van der Waals surface area contributed by atoms with E-state index in [0.29, 0.717) is 25.0 Å². The first-order valence-corrected chi connectivity index (χ1v) is 7.98. The number of amides is 1. The van der Waals surface area contributed by atoms with Crippen molar-refractivity contribution in [3.05, 3.63) is 43.2 Å². The van der Waals surface area contributed by atoms with Gasteiger partial charge in [-0.15, -0.1) is 11.3 Å². The lowest BCUT2D eigenvalue weighted by Gasteiger charge is -2.05. The molecule has 1 aliphatic rings. The molecule has 0 unspecified atom stereocenters. The van der Waals surface area contributed by atoms with E-state index in [-0.39, 0.29) is 18.8 Å². The SMILES string of the molecule is Cc1ccc2c(c1)=C(c1sc(=S)n(CCC(=O)[O-])c1O)C(=O)N=2. The van der Waals surface area contributed by atoms with Gasteiger partial charge in [-0.1, -0.05) is 11.6 Å². The highest BCUT2D eigenvalue weighted by atomic mass is 32.1. The van der Waals surface area contributed by atoms with Crippen molar-refractivity contribution in [2.24, 2.45) is 4.99 Å². The number of carbonyl (C=O) groups excluding carboxylic acids is 2. The molecule has 3 rings (SSSR count). The molecule has 0 atom stereocenters. The van der Waals surface area contributed by atoms with E-state index in [2.05, 4.69) is 4.99 Å². The number of benzene rings is 1. The summed E-state index contributed by atoms with van der Waals surface area (Å²) in [5.74, 6) is -1.89. The Kier molecular flexibility index (Phi) is 3.87. The van der Waals surface area contributed by atoms with E-state index in [9.17, 15) is 19.8 Å². The topological polar surface area (TPSA) is 94.7 Å². The maximum absolute atomic E-state index is 12.2. The van der Waals surface area contributed by atoms with E-state index in [1.165, 1.54) is 4.57 Å². The third-order valence-electron chi connectivity index (χ3n) is 3.49. The first kappa shape index (κ1) is 15.6. The molecule has 2 heterocycles. The molecular weight excluding hydrogens is 336 g/mol. The summed E-state index contributed by atoms with van der Waals surface area (Å²) >= 11 is 6.22. The largest absolute Gasteiger partial charge is 0.550 e. The van der Waals surface area contributed by atoms with Gasteiger partial charge in [0.05, 0.1) is 10.9 Å². The number of carboxylic acid groups (broad SMARTS) is 1. The molecule has 118 valence electrons. The predicted octanol–water partition coefficient (Wildman–Crippen LogP) is -0.208. The molecule has 23 heavy (non-hydrogen) atoms. The number of hydrogen-bond acceptors (Lipinski definition) is 6. The number of hydrogen-bond donors (Lipinski definition) is 1. The maximum atomic E-state index is 12.2. The van der Waals surface area contributed by atoms with Crippen LogP contribution in [0.2, 0.25) is 0 Å². The first-order chi connectivity index (χ1) is 10.9. The van der Waals surface area contributed by atoms with Crippen molar-refractivity contribution in [3.63, 3.8) is 0 Å². The van der Waals surface area contributed by atoms with Crippen LogP contribution in [-0.2, 0) is 16.1 Å². The summed E-state index contributed by atoms with van der Waals surface area (Å²) in [7, 11) is 0. The standard InChI is InChI=1S/C15H12N2O4S2/c1-7-2-3-9-8(6-7)11(13(20)16-9)12-14(21)17(15(22)23-12)5-4-10(18)19/h2-3,6,21H,4-5H2,1H3,(H,18,19)/p-1. The minimum Gasteiger partial charge on any atom is -0.550 e. The summed E-state index contributed by atoms with van der Waals surface area (Å²) in [6.45, 7) is 1.89. The van der Waals surface area contributed by atoms with Gasteiger partial charge < -0.3 is 15.0 Å². The van der Waals surface area contributed by atoms with Crippen molar-refractivity contribution < 1.29 is 19.8 Å². The highest BCUT2D eigenvalue weighted by molar-refractivity contribution is 7.73. The molecule has 1 aromatic heterocycles. The molecule has 8 heteroatoms. The zero-order chi connectivity index (χ0) is 16.7. The second-order valence-electron chi connectivity index (χ2n) is 5.11. The fourth-order valence-corrected chi connectivity index (χ4v) is 3.80. The summed E-state index contributed by atoms with van der Waals surface area (Å²) in [5, 5.41) is 22.2. The van der Waals surface area contributed by atoms with Crippen LogP contribution in [0.3, 0.4) is 0 Å². The zero-order valence-electron chi connectivity index (χ0n) is 12.0. The molecule has 0 aliphatic carbocycles. The molecule has 6 nitrogen and oxygen atoms in total. The van der Waals surface area contributed by atoms with Crippen molar-refractivity contribution in [3.8, 4) is 5.88 Å². The van der Waals surface area contributed by atoms with Crippen molar-refractivity contribution in [2.75, 3.05) is 0 Å². The second kappa shape index (κ2) is 5.71. The number of aromatic nitrogens is 1. The van der Waals surface area contributed by atoms with Crippen molar-refractivity contribution in [1.29, 1.82) is 0 Å². The van der Waals surface area contributed by atoms with Gasteiger partial charge in [0.25, 0.3) is 5.91 Å². The van der Waals surface area contributed by atoms with E-state index in [1.54, 1.807) is 6.07 Å². The molecule has 0 saturated heterocycles. The minimum absolute atomic E-state index is 0.0111. The van der Waals surface area contributed by atoms with Crippen molar-refractivity contribution in [1.82, 2.24) is 4.57 Å². The molecular formula is C15H11N2O4S2-. The quantitative estimate of drug-likeness (QED) is 0.773. The number of aliphatic carboxylic acids is 1. The minimum atomic E-state index is -1.24. The van der Waals surface area contributed by atoms with Gasteiger partial charge in [-0.2, -0.15) is 0 Å². The van der Waals surface area contributed by atoms with Gasteiger partial charge in [0.15, 0.2) is 3.95 Å². The number of nitrogens with zero attached hydrogens (tertiary/aromatic N) is 2. The fraction of sp³-hybridized carbons (Fsp3) is 0.200. The summed E-state index contributed by atoms with van der Waals surface area (Å²) in [6, 6.07) is 5.43. The van der Waals surface area contributed by atoms with Crippen LogP contribution in [0.15, 0.2) is 23.2 Å². The molecule has 0 bridgehead atoms. The van der Waals surface area contributed by atoms with Gasteiger partial charge in [-0.3, -0.25) is 9.36 Å². The highest BCUT2D eigenvalue weighted by Crippen LogP contribution is 2.32. The van der Waals surface area contributed by atoms with E-state index in [4.69, 9.17) is 12.2 Å². The Bertz CT molecular complexity index is 1020. The van der Waals surface area contributed by atoms with Gasteiger partial charge in [-0.25, -0.2) is 4.99 Å². The molecule has 0 radical (unpaired) electrons. The molecule has 0 saturated carbocycles. The smallest absolute Gasteiger partial charge is 0.279 e. The summed E-state index contributed by atoms with van der Waals surface area (Å²) < 4.78 is 1.58. The van der Waals surface area contributed by atoms with Crippen LogP contribution < -0.4 is 15.7 Å². The normalized spacial score (nSPS) is 13.1. The van der Waals surface area contributed by atoms with Crippen LogP contribution in [0.4, 0.5) is 0 Å². The molecule has 1 N–H and O–H groups in total. The lowest BCUT2D eigenvalue weighted by molar-refractivity contribution is -0.305. The summed E-state index contributed by atoms with van der Waals surface area (Å²) in [4.78, 5) is 27.1. The highest BCUT2D eigenvalue weighted by Gasteiger charge is 2.25.